The normalized spacial score (nSPS) is 27.6. The molecule has 1 rings (SSSR count). The highest BCUT2D eigenvalue weighted by atomic mass is 16.5. The van der Waals surface area contributed by atoms with E-state index < -0.39 is 0 Å². The van der Waals surface area contributed by atoms with Gasteiger partial charge in [0.25, 0.3) is 0 Å². The summed E-state index contributed by atoms with van der Waals surface area (Å²) in [5, 5.41) is 9.77. The number of nitrogens with zero attached hydrogens (tertiary/aromatic N) is 1. The lowest BCUT2D eigenvalue weighted by atomic mass is 10.0. The lowest BCUT2D eigenvalue weighted by Gasteiger charge is -2.30. The molecule has 3 atom stereocenters. The van der Waals surface area contributed by atoms with Gasteiger partial charge in [-0.05, 0) is 39.3 Å². The Hall–Kier alpha value is -0.160. The molecule has 0 aromatic carbocycles. The Morgan fingerprint density at radius 2 is 2.25 bits per heavy atom. The monoisotopic (exact) mass is 230 g/mol. The molecule has 0 aromatic rings. The number of ether oxygens (including phenoxy) is 1. The van der Waals surface area contributed by atoms with E-state index in [1.807, 2.05) is 6.92 Å². The minimum atomic E-state index is -0.385. The van der Waals surface area contributed by atoms with E-state index in [0.29, 0.717) is 31.7 Å². The summed E-state index contributed by atoms with van der Waals surface area (Å²) in [5.74, 6) is 0.601. The van der Waals surface area contributed by atoms with Gasteiger partial charge in [0.05, 0.1) is 12.7 Å². The second kappa shape index (κ2) is 7.22. The van der Waals surface area contributed by atoms with Gasteiger partial charge >= 0.3 is 0 Å². The predicted octanol–water partition coefficient (Wildman–Crippen LogP) is 0.443. The zero-order valence-electron chi connectivity index (χ0n) is 10.6. The van der Waals surface area contributed by atoms with Crippen LogP contribution in [-0.4, -0.2) is 55.5 Å². The SMILES string of the molecule is CCOCC(O)CN(C)C1CCCC1CN. The first kappa shape index (κ1) is 13.9. The van der Waals surface area contributed by atoms with Gasteiger partial charge in [0.1, 0.15) is 0 Å². The van der Waals surface area contributed by atoms with Crippen LogP contribution in [0, 0.1) is 5.92 Å². The topological polar surface area (TPSA) is 58.7 Å². The van der Waals surface area contributed by atoms with Gasteiger partial charge in [0.15, 0.2) is 0 Å². The van der Waals surface area contributed by atoms with Crippen LogP contribution < -0.4 is 5.73 Å². The molecule has 1 fully saturated rings. The first-order valence-electron chi connectivity index (χ1n) is 6.35. The number of nitrogens with two attached hydrogens (primary N) is 1. The maximum atomic E-state index is 9.77. The van der Waals surface area contributed by atoms with Crippen LogP contribution in [0.15, 0.2) is 0 Å². The molecule has 0 bridgehead atoms. The molecular formula is C12H26N2O2. The summed E-state index contributed by atoms with van der Waals surface area (Å²) in [5.41, 5.74) is 5.76. The molecule has 1 saturated carbocycles. The van der Waals surface area contributed by atoms with Gasteiger partial charge in [-0.2, -0.15) is 0 Å². The van der Waals surface area contributed by atoms with E-state index in [9.17, 15) is 5.11 Å². The van der Waals surface area contributed by atoms with Crippen LogP contribution in [-0.2, 0) is 4.74 Å². The third-order valence-corrected chi connectivity index (χ3v) is 3.50. The van der Waals surface area contributed by atoms with Crippen molar-refractivity contribution in [1.82, 2.24) is 4.90 Å². The maximum absolute atomic E-state index is 9.77. The number of aliphatic hydroxyl groups is 1. The third kappa shape index (κ3) is 4.01. The average Bonchev–Trinajstić information content (AvgIpc) is 2.74. The molecule has 0 heterocycles. The molecule has 3 N–H and O–H groups in total. The molecule has 0 aliphatic heterocycles. The highest BCUT2D eigenvalue weighted by Crippen LogP contribution is 2.28. The molecular weight excluding hydrogens is 204 g/mol. The Labute approximate surface area is 98.8 Å². The summed E-state index contributed by atoms with van der Waals surface area (Å²) in [6, 6.07) is 0.543. The summed E-state index contributed by atoms with van der Waals surface area (Å²) in [4.78, 5) is 2.24. The molecule has 0 aromatic heterocycles. The third-order valence-electron chi connectivity index (χ3n) is 3.50. The second-order valence-electron chi connectivity index (χ2n) is 4.75. The molecule has 1 aliphatic rings. The average molecular weight is 230 g/mol. The number of likely N-dealkylation sites (N-methyl/N-ethyl adjacent to an activating group) is 1. The van der Waals surface area contributed by atoms with Gasteiger partial charge in [-0.15, -0.1) is 0 Å². The van der Waals surface area contributed by atoms with Crippen LogP contribution in [0.1, 0.15) is 26.2 Å². The summed E-state index contributed by atoms with van der Waals surface area (Å²) in [7, 11) is 2.08. The lowest BCUT2D eigenvalue weighted by Crippen LogP contribution is -2.42. The highest BCUT2D eigenvalue weighted by Gasteiger charge is 2.29. The number of hydrogen-bond donors (Lipinski definition) is 2. The fourth-order valence-electron chi connectivity index (χ4n) is 2.65. The van der Waals surface area contributed by atoms with Crippen LogP contribution >= 0.6 is 0 Å². The van der Waals surface area contributed by atoms with Crippen molar-refractivity contribution in [2.75, 3.05) is 33.4 Å². The Kier molecular flexibility index (Phi) is 6.28. The Morgan fingerprint density at radius 1 is 1.50 bits per heavy atom. The number of hydrogen-bond acceptors (Lipinski definition) is 4. The Bertz CT molecular complexity index is 190. The van der Waals surface area contributed by atoms with Crippen LogP contribution in [0.3, 0.4) is 0 Å². The summed E-state index contributed by atoms with van der Waals surface area (Å²) < 4.78 is 5.21. The zero-order valence-corrected chi connectivity index (χ0v) is 10.6. The van der Waals surface area contributed by atoms with Gasteiger partial charge < -0.3 is 20.5 Å². The largest absolute Gasteiger partial charge is 0.389 e. The van der Waals surface area contributed by atoms with E-state index in [0.717, 1.165) is 6.54 Å². The lowest BCUT2D eigenvalue weighted by molar-refractivity contribution is 0.0154. The van der Waals surface area contributed by atoms with Crippen molar-refractivity contribution in [3.05, 3.63) is 0 Å². The van der Waals surface area contributed by atoms with Crippen LogP contribution in [0.5, 0.6) is 0 Å². The summed E-state index contributed by atoms with van der Waals surface area (Å²) >= 11 is 0. The fourth-order valence-corrected chi connectivity index (χ4v) is 2.65. The van der Waals surface area contributed by atoms with E-state index in [-0.39, 0.29) is 6.10 Å². The number of aliphatic hydroxyl groups excluding tert-OH is 1. The minimum absolute atomic E-state index is 0.385. The molecule has 0 amide bonds. The van der Waals surface area contributed by atoms with Crippen molar-refractivity contribution < 1.29 is 9.84 Å². The van der Waals surface area contributed by atoms with Crippen molar-refractivity contribution in [2.45, 2.75) is 38.3 Å². The van der Waals surface area contributed by atoms with Crippen LogP contribution in [0.25, 0.3) is 0 Å². The van der Waals surface area contributed by atoms with Crippen LogP contribution in [0.4, 0.5) is 0 Å². The first-order chi connectivity index (χ1) is 7.69. The molecule has 4 heteroatoms. The zero-order chi connectivity index (χ0) is 12.0. The maximum Gasteiger partial charge on any atom is 0.0900 e. The summed E-state index contributed by atoms with van der Waals surface area (Å²) in [6.45, 7) is 4.48. The second-order valence-corrected chi connectivity index (χ2v) is 4.75. The molecule has 16 heavy (non-hydrogen) atoms. The van der Waals surface area contributed by atoms with Gasteiger partial charge in [0.2, 0.25) is 0 Å². The van der Waals surface area contributed by atoms with Gasteiger partial charge in [-0.3, -0.25) is 0 Å². The molecule has 1 aliphatic carbocycles. The van der Waals surface area contributed by atoms with E-state index in [4.69, 9.17) is 10.5 Å². The van der Waals surface area contributed by atoms with Gasteiger partial charge in [-0.25, -0.2) is 0 Å². The summed E-state index contributed by atoms with van der Waals surface area (Å²) in [6.07, 6.45) is 3.31. The van der Waals surface area contributed by atoms with Crippen molar-refractivity contribution in [2.24, 2.45) is 11.7 Å². The molecule has 0 radical (unpaired) electrons. The van der Waals surface area contributed by atoms with E-state index in [2.05, 4.69) is 11.9 Å². The smallest absolute Gasteiger partial charge is 0.0900 e. The molecule has 4 nitrogen and oxygen atoms in total. The van der Waals surface area contributed by atoms with E-state index in [1.54, 1.807) is 0 Å². The molecule has 0 saturated heterocycles. The predicted molar refractivity (Wildman–Crippen MR) is 65.3 cm³/mol. The van der Waals surface area contributed by atoms with Crippen molar-refractivity contribution in [1.29, 1.82) is 0 Å². The van der Waals surface area contributed by atoms with Crippen molar-refractivity contribution in [3.63, 3.8) is 0 Å². The van der Waals surface area contributed by atoms with Gasteiger partial charge in [0, 0.05) is 19.2 Å². The first-order valence-corrected chi connectivity index (χ1v) is 6.35. The quantitative estimate of drug-likeness (QED) is 0.666. The highest BCUT2D eigenvalue weighted by molar-refractivity contribution is 4.85. The molecule has 96 valence electrons. The van der Waals surface area contributed by atoms with E-state index >= 15 is 0 Å². The Morgan fingerprint density at radius 3 is 2.88 bits per heavy atom. The molecule has 0 spiro atoms. The standard InChI is InChI=1S/C12H26N2O2/c1-3-16-9-11(15)8-14(2)12-6-4-5-10(12)7-13/h10-12,15H,3-9,13H2,1-2H3. The Balaban J connectivity index is 2.30. The fraction of sp³-hybridized carbons (Fsp3) is 1.00. The molecule has 3 unspecified atom stereocenters. The van der Waals surface area contributed by atoms with Crippen molar-refractivity contribution >= 4 is 0 Å². The van der Waals surface area contributed by atoms with Gasteiger partial charge in [-0.1, -0.05) is 6.42 Å². The van der Waals surface area contributed by atoms with Crippen LogP contribution in [0.2, 0.25) is 0 Å². The minimum Gasteiger partial charge on any atom is -0.389 e. The van der Waals surface area contributed by atoms with Crippen molar-refractivity contribution in [3.8, 4) is 0 Å². The number of rotatable bonds is 7. The van der Waals surface area contributed by atoms with E-state index in [1.165, 1.54) is 19.3 Å².